The number of nitrogens with one attached hydrogen (secondary N) is 1. The molecule has 174 valence electrons. The Balaban J connectivity index is 0.00000193. The molecule has 4 rings (SSSR count). The van der Waals surface area contributed by atoms with Gasteiger partial charge in [0.25, 0.3) is 0 Å². The van der Waals surface area contributed by atoms with Gasteiger partial charge in [-0.15, -0.1) is 16.3 Å². The molecule has 0 unspecified atom stereocenters. The van der Waals surface area contributed by atoms with Crippen molar-refractivity contribution in [2.45, 2.75) is 32.2 Å². The Hall–Kier alpha value is -2.34. The number of hydrogen-bond acceptors (Lipinski definition) is 6. The predicted octanol–water partition coefficient (Wildman–Crippen LogP) is 4.34. The van der Waals surface area contributed by atoms with E-state index in [2.05, 4.69) is 26.5 Å². The maximum absolute atomic E-state index is 12.9. The molecule has 1 fully saturated rings. The topological polar surface area (TPSA) is 76.6 Å². The second-order valence-corrected chi connectivity index (χ2v) is 7.60. The summed E-state index contributed by atoms with van der Waals surface area (Å²) in [4.78, 5) is 15.0. The van der Waals surface area contributed by atoms with Crippen molar-refractivity contribution in [2.75, 3.05) is 32.3 Å². The van der Waals surface area contributed by atoms with Crippen molar-refractivity contribution in [1.82, 2.24) is 15.1 Å². The number of benzene rings is 2. The summed E-state index contributed by atoms with van der Waals surface area (Å²) in [6.45, 7) is 3.56. The van der Waals surface area contributed by atoms with Gasteiger partial charge in [-0.2, -0.15) is 18.2 Å². The first-order chi connectivity index (χ1) is 15.2. The number of piperidine rings is 1. The Kier molecular flexibility index (Phi) is 10.4. The van der Waals surface area contributed by atoms with E-state index in [9.17, 15) is 4.79 Å². The number of rotatable bonds is 7. The minimum absolute atomic E-state index is 0. The van der Waals surface area contributed by atoms with Gasteiger partial charge in [-0.05, 0) is 33.4 Å². The Morgan fingerprint density at radius 1 is 1.21 bits per heavy atom. The number of nitrogens with zero attached hydrogens (tertiary/aromatic N) is 3. The molecule has 33 heavy (non-hydrogen) atoms. The average Bonchev–Trinajstić information content (AvgIpc) is 2.80. The number of ether oxygens (including phenoxy) is 2. The molecule has 1 saturated heterocycles. The first kappa shape index (κ1) is 26.9. The Labute approximate surface area is 210 Å². The van der Waals surface area contributed by atoms with Crippen LogP contribution in [0.1, 0.15) is 26.2 Å². The summed E-state index contributed by atoms with van der Waals surface area (Å²) in [6, 6.07) is 16.2. The zero-order valence-corrected chi connectivity index (χ0v) is 22.3. The summed E-state index contributed by atoms with van der Waals surface area (Å²) in [5.74, 6) is 1.06. The monoisotopic (exact) mass is 618 g/mol. The smallest absolute Gasteiger partial charge is 0.528 e. The third-order valence-corrected chi connectivity index (χ3v) is 5.59. The minimum atomic E-state index is -0.141. The molecule has 2 aromatic carbocycles. The molecule has 0 bridgehead atoms. The van der Waals surface area contributed by atoms with E-state index in [1.54, 1.807) is 6.07 Å². The number of amides is 1. The first-order valence-corrected chi connectivity index (χ1v) is 10.7. The SMILES string of the molecule is CCOCOc1c[c-]ccc1-c1nnc(NC(=O)[C@@H]2CCCCN2C)c2ccccc12.[CH3-].[W+2]. The van der Waals surface area contributed by atoms with Gasteiger partial charge >= 0.3 is 21.1 Å². The van der Waals surface area contributed by atoms with Gasteiger partial charge in [-0.25, -0.2) is 0 Å². The van der Waals surface area contributed by atoms with Crippen LogP contribution in [0.15, 0.2) is 42.5 Å². The molecule has 8 heteroatoms. The molecule has 7 nitrogen and oxygen atoms in total. The standard InChI is InChI=1S/C24H27N4O3.CH3.W/c1-3-30-16-31-21-14-7-6-12-19(21)22-17-10-4-5-11-18(17)23(27-26-22)25-24(29)20-13-8-9-15-28(20)2;;/h4-6,10-12,14,20H,3,8-9,13,15-16H2,1-2H3,(H,25,27,29);1H3;/q2*-1;+2/t20-;;/m0../s1. The molecule has 1 aliphatic rings. The summed E-state index contributed by atoms with van der Waals surface area (Å²) in [7, 11) is 1.99. The number of carbonyl (C=O) groups excluding carboxylic acids is 1. The summed E-state index contributed by atoms with van der Waals surface area (Å²) in [5.41, 5.74) is 1.48. The number of aromatic nitrogens is 2. The molecule has 1 atom stereocenters. The Morgan fingerprint density at radius 3 is 2.76 bits per heavy atom. The number of anilines is 1. The van der Waals surface area contributed by atoms with Crippen molar-refractivity contribution in [1.29, 1.82) is 0 Å². The molecule has 1 aromatic heterocycles. The summed E-state index contributed by atoms with van der Waals surface area (Å²) < 4.78 is 11.1. The van der Waals surface area contributed by atoms with E-state index in [0.717, 1.165) is 42.1 Å². The molecule has 1 N–H and O–H groups in total. The fourth-order valence-corrected chi connectivity index (χ4v) is 3.92. The van der Waals surface area contributed by atoms with Crippen LogP contribution in [0.5, 0.6) is 5.75 Å². The first-order valence-electron chi connectivity index (χ1n) is 10.7. The number of hydrogen-bond donors (Lipinski definition) is 1. The van der Waals surface area contributed by atoms with Gasteiger partial charge in [0.05, 0.1) is 11.7 Å². The number of carbonyl (C=O) groups is 1. The maximum atomic E-state index is 12.9. The molecule has 1 amide bonds. The van der Waals surface area contributed by atoms with Crippen LogP contribution in [0.3, 0.4) is 0 Å². The molecule has 0 aliphatic carbocycles. The van der Waals surface area contributed by atoms with Crippen LogP contribution in [0, 0.1) is 13.5 Å². The Bertz CT molecular complexity index is 1060. The second-order valence-electron chi connectivity index (χ2n) is 7.60. The molecule has 0 saturated carbocycles. The molecule has 3 aromatic rings. The van der Waals surface area contributed by atoms with E-state index in [1.807, 2.05) is 50.4 Å². The second kappa shape index (κ2) is 12.8. The van der Waals surface area contributed by atoms with E-state index >= 15 is 0 Å². The minimum Gasteiger partial charge on any atom is -0.528 e. The van der Waals surface area contributed by atoms with Crippen molar-refractivity contribution in [3.8, 4) is 17.0 Å². The van der Waals surface area contributed by atoms with Crippen LogP contribution >= 0.6 is 0 Å². The van der Waals surface area contributed by atoms with Crippen molar-refractivity contribution >= 4 is 22.5 Å². The summed E-state index contributed by atoms with van der Waals surface area (Å²) in [6.07, 6.45) is 3.04. The third-order valence-electron chi connectivity index (χ3n) is 5.59. The normalized spacial score (nSPS) is 15.9. The van der Waals surface area contributed by atoms with Gasteiger partial charge in [0.2, 0.25) is 5.91 Å². The van der Waals surface area contributed by atoms with E-state index in [0.29, 0.717) is 23.9 Å². The molecule has 2 heterocycles. The van der Waals surface area contributed by atoms with Crippen LogP contribution < -0.4 is 10.1 Å². The van der Waals surface area contributed by atoms with Gasteiger partial charge in [0, 0.05) is 23.1 Å². The van der Waals surface area contributed by atoms with Crippen molar-refractivity contribution < 1.29 is 35.3 Å². The number of likely N-dealkylation sites (tertiary alicyclic amines) is 1. The zero-order valence-electron chi connectivity index (χ0n) is 19.3. The van der Waals surface area contributed by atoms with Gasteiger partial charge in [-0.3, -0.25) is 9.69 Å². The van der Waals surface area contributed by atoms with Crippen LogP contribution in [0.25, 0.3) is 22.0 Å². The van der Waals surface area contributed by atoms with Gasteiger partial charge in [0.15, 0.2) is 12.6 Å². The third kappa shape index (κ3) is 6.17. The summed E-state index contributed by atoms with van der Waals surface area (Å²) in [5, 5.41) is 13.6. The molecular weight excluding hydrogens is 588 g/mol. The van der Waals surface area contributed by atoms with E-state index in [4.69, 9.17) is 9.47 Å². The number of likely N-dealkylation sites (N-methyl/N-ethyl adjacent to an activating group) is 1. The van der Waals surface area contributed by atoms with E-state index in [1.165, 1.54) is 0 Å². The maximum Gasteiger partial charge on any atom is 2.00 e. The molecule has 0 radical (unpaired) electrons. The van der Waals surface area contributed by atoms with Crippen LogP contribution in [-0.4, -0.2) is 54.0 Å². The van der Waals surface area contributed by atoms with Crippen molar-refractivity contribution in [3.63, 3.8) is 0 Å². The predicted molar refractivity (Wildman–Crippen MR) is 126 cm³/mol. The fourth-order valence-electron chi connectivity index (χ4n) is 3.92. The van der Waals surface area contributed by atoms with E-state index < -0.39 is 0 Å². The van der Waals surface area contributed by atoms with Gasteiger partial charge in [-0.1, -0.05) is 36.2 Å². The summed E-state index contributed by atoms with van der Waals surface area (Å²) >= 11 is 0. The molecule has 0 spiro atoms. The quantitative estimate of drug-likeness (QED) is 0.242. The van der Waals surface area contributed by atoms with Crippen LogP contribution in [0.4, 0.5) is 5.82 Å². The van der Waals surface area contributed by atoms with Crippen molar-refractivity contribution in [3.05, 3.63) is 56.0 Å². The number of fused-ring (bicyclic) bond motifs is 1. The molecular formula is C25H30N4O3W. The fraction of sp³-hybridized carbons (Fsp3) is 0.360. The largest absolute Gasteiger partial charge is 2.00 e. The molecule has 1 aliphatic heterocycles. The van der Waals surface area contributed by atoms with Crippen molar-refractivity contribution in [2.24, 2.45) is 0 Å². The van der Waals surface area contributed by atoms with Gasteiger partial charge in [0.1, 0.15) is 0 Å². The van der Waals surface area contributed by atoms with Crippen LogP contribution in [-0.2, 0) is 30.6 Å². The van der Waals surface area contributed by atoms with E-state index in [-0.39, 0.29) is 47.2 Å². The van der Waals surface area contributed by atoms with Crippen LogP contribution in [0.2, 0.25) is 0 Å². The van der Waals surface area contributed by atoms with Gasteiger partial charge < -0.3 is 22.2 Å². The Morgan fingerprint density at radius 2 is 2.00 bits per heavy atom. The zero-order chi connectivity index (χ0) is 21.6. The average molecular weight is 618 g/mol.